The molecular formula is C25H52N4O4Si3. The summed E-state index contributed by atoms with van der Waals surface area (Å²) in [4.78, 5) is 26.4. The smallest absolute Gasteiger partial charge is 0.311 e. The fraction of sp³-hybridized carbons (Fsp3) is 0.880. The van der Waals surface area contributed by atoms with Crippen molar-refractivity contribution in [3.8, 4) is 6.07 Å². The molecule has 0 spiro atoms. The maximum Gasteiger partial charge on any atom is 0.311 e. The largest absolute Gasteiger partial charge is 0.437 e. The lowest BCUT2D eigenvalue weighted by Gasteiger charge is -2.38. The molecule has 3 N–H and O–H groups in total. The van der Waals surface area contributed by atoms with E-state index in [1.54, 1.807) is 0 Å². The molecule has 2 atom stereocenters. The Balaban J connectivity index is 2.41. The Bertz CT molecular complexity index is 773. The first-order chi connectivity index (χ1) is 16.5. The molecule has 8 nitrogen and oxygen atoms in total. The van der Waals surface area contributed by atoms with E-state index in [-0.39, 0.29) is 17.9 Å². The highest BCUT2D eigenvalue weighted by molar-refractivity contribution is 6.87. The van der Waals surface area contributed by atoms with Crippen LogP contribution in [-0.4, -0.2) is 67.6 Å². The highest BCUT2D eigenvalue weighted by Gasteiger charge is 2.39. The number of nitrogens with one attached hydrogen (secondary N) is 1. The first kappa shape index (κ1) is 33.0. The third kappa shape index (κ3) is 12.5. The van der Waals surface area contributed by atoms with Crippen molar-refractivity contribution < 1.29 is 17.8 Å². The van der Waals surface area contributed by atoms with Gasteiger partial charge in [0.2, 0.25) is 11.8 Å². The van der Waals surface area contributed by atoms with Gasteiger partial charge in [0.05, 0.1) is 11.5 Å². The van der Waals surface area contributed by atoms with Gasteiger partial charge in [0.25, 0.3) is 0 Å². The highest BCUT2D eigenvalue weighted by atomic mass is 28.5. The maximum atomic E-state index is 12.5. The topological polar surface area (TPSA) is 118 Å². The molecule has 0 radical (unpaired) electrons. The number of hydrogen-bond donors (Lipinski definition) is 2. The lowest BCUT2D eigenvalue weighted by Crippen LogP contribution is -2.52. The molecule has 0 saturated carbocycles. The minimum absolute atomic E-state index is 0.0191. The molecule has 0 aromatic carbocycles. The van der Waals surface area contributed by atoms with Crippen LogP contribution in [0.1, 0.15) is 58.8 Å². The van der Waals surface area contributed by atoms with Crippen LogP contribution >= 0.6 is 0 Å². The number of amides is 2. The van der Waals surface area contributed by atoms with Crippen LogP contribution in [0.15, 0.2) is 0 Å². The first-order valence-electron chi connectivity index (χ1n) is 13.6. The van der Waals surface area contributed by atoms with E-state index >= 15 is 0 Å². The van der Waals surface area contributed by atoms with Gasteiger partial charge >= 0.3 is 8.56 Å². The zero-order valence-corrected chi connectivity index (χ0v) is 27.2. The minimum Gasteiger partial charge on any atom is -0.437 e. The van der Waals surface area contributed by atoms with E-state index in [1.807, 2.05) is 18.7 Å². The maximum absolute atomic E-state index is 12.5. The molecule has 1 saturated heterocycles. The number of carbonyl (C=O) groups is 2. The summed E-state index contributed by atoms with van der Waals surface area (Å²) in [6, 6.07) is 4.42. The fourth-order valence-electron chi connectivity index (χ4n) is 5.30. The third-order valence-electron chi connectivity index (χ3n) is 6.87. The van der Waals surface area contributed by atoms with Crippen LogP contribution < -0.4 is 11.1 Å². The molecule has 36 heavy (non-hydrogen) atoms. The first-order valence-corrected chi connectivity index (χ1v) is 22.7. The Morgan fingerprint density at radius 2 is 1.75 bits per heavy atom. The second kappa shape index (κ2) is 14.2. The molecule has 1 aliphatic rings. The summed E-state index contributed by atoms with van der Waals surface area (Å²) in [5.74, 6) is 0.151. The number of likely N-dealkylation sites (tertiary alicyclic amines) is 1. The van der Waals surface area contributed by atoms with Gasteiger partial charge in [-0.25, -0.2) is 0 Å². The van der Waals surface area contributed by atoms with Crippen LogP contribution in [0.3, 0.4) is 0 Å². The SMILES string of the molecule is CC(CC(C)(C#N)CCC(=O)NCCC[Si](C)(C)O[Si](C)(C)O[Si](C)(C)CCCN)N1CCCC1=O. The van der Waals surface area contributed by atoms with Crippen LogP contribution in [0.25, 0.3) is 0 Å². The van der Waals surface area contributed by atoms with Crippen molar-refractivity contribution in [1.29, 1.82) is 5.26 Å². The Kier molecular flexibility index (Phi) is 13.0. The van der Waals surface area contributed by atoms with Gasteiger partial charge in [0.15, 0.2) is 16.6 Å². The summed E-state index contributed by atoms with van der Waals surface area (Å²) < 4.78 is 13.2. The fourth-order valence-corrected chi connectivity index (χ4v) is 19.4. The molecule has 2 unspecified atom stereocenters. The number of rotatable bonds is 17. The Morgan fingerprint density at radius 1 is 1.17 bits per heavy atom. The molecule has 2 amide bonds. The van der Waals surface area contributed by atoms with Gasteiger partial charge < -0.3 is 24.2 Å². The molecule has 208 valence electrons. The van der Waals surface area contributed by atoms with Crippen molar-refractivity contribution in [3.05, 3.63) is 0 Å². The number of hydrogen-bond acceptors (Lipinski definition) is 6. The highest BCUT2D eigenvalue weighted by Crippen LogP contribution is 2.31. The van der Waals surface area contributed by atoms with Crippen molar-refractivity contribution in [2.75, 3.05) is 19.6 Å². The minimum atomic E-state index is -2.23. The summed E-state index contributed by atoms with van der Waals surface area (Å²) >= 11 is 0. The lowest BCUT2D eigenvalue weighted by atomic mass is 9.81. The zero-order chi connectivity index (χ0) is 27.6. The molecule has 1 aliphatic heterocycles. The molecule has 1 fully saturated rings. The Hall–Kier alpha value is -1.04. The average molecular weight is 557 g/mol. The summed E-state index contributed by atoms with van der Waals surface area (Å²) in [7, 11) is -5.94. The van der Waals surface area contributed by atoms with E-state index in [4.69, 9.17) is 14.0 Å². The van der Waals surface area contributed by atoms with Gasteiger partial charge in [-0.15, -0.1) is 0 Å². The van der Waals surface area contributed by atoms with E-state index in [9.17, 15) is 14.9 Å². The van der Waals surface area contributed by atoms with Gasteiger partial charge in [-0.3, -0.25) is 9.59 Å². The number of nitrogens with two attached hydrogens (primary N) is 1. The number of nitriles is 1. The number of nitrogens with zero attached hydrogens (tertiary/aromatic N) is 2. The Morgan fingerprint density at radius 3 is 2.25 bits per heavy atom. The molecular weight excluding hydrogens is 505 g/mol. The summed E-state index contributed by atoms with van der Waals surface area (Å²) in [6.45, 7) is 19.2. The van der Waals surface area contributed by atoms with Gasteiger partial charge in [-0.1, -0.05) is 0 Å². The van der Waals surface area contributed by atoms with Crippen LogP contribution in [0.5, 0.6) is 0 Å². The molecule has 0 aromatic rings. The second-order valence-corrected chi connectivity index (χ2v) is 24.9. The van der Waals surface area contributed by atoms with Crippen molar-refractivity contribution in [1.82, 2.24) is 10.2 Å². The molecule has 0 bridgehead atoms. The average Bonchev–Trinajstić information content (AvgIpc) is 3.18. The van der Waals surface area contributed by atoms with Crippen molar-refractivity contribution >= 4 is 37.0 Å². The van der Waals surface area contributed by atoms with Crippen LogP contribution in [0.4, 0.5) is 0 Å². The van der Waals surface area contributed by atoms with E-state index in [2.05, 4.69) is 50.7 Å². The van der Waals surface area contributed by atoms with E-state index in [0.29, 0.717) is 38.8 Å². The monoisotopic (exact) mass is 556 g/mol. The zero-order valence-electron chi connectivity index (χ0n) is 24.2. The van der Waals surface area contributed by atoms with Gasteiger partial charge in [-0.05, 0) is 104 Å². The molecule has 11 heteroatoms. The van der Waals surface area contributed by atoms with Crippen LogP contribution in [0.2, 0.25) is 51.4 Å². The van der Waals surface area contributed by atoms with Gasteiger partial charge in [0.1, 0.15) is 0 Å². The van der Waals surface area contributed by atoms with Crippen LogP contribution in [-0.2, 0) is 17.8 Å². The van der Waals surface area contributed by atoms with E-state index in [1.165, 1.54) is 0 Å². The van der Waals surface area contributed by atoms with E-state index in [0.717, 1.165) is 37.9 Å². The van der Waals surface area contributed by atoms with Crippen molar-refractivity contribution in [3.63, 3.8) is 0 Å². The van der Waals surface area contributed by atoms with Gasteiger partial charge in [-0.2, -0.15) is 5.26 Å². The van der Waals surface area contributed by atoms with Crippen LogP contribution in [0, 0.1) is 16.7 Å². The summed E-state index contributed by atoms with van der Waals surface area (Å²) in [6.07, 6.45) is 4.75. The number of carbonyl (C=O) groups excluding carboxylic acids is 2. The molecule has 1 rings (SSSR count). The normalized spacial score (nSPS) is 17.6. The quantitative estimate of drug-likeness (QED) is 0.198. The predicted octanol–water partition coefficient (Wildman–Crippen LogP) is 4.70. The van der Waals surface area contributed by atoms with Crippen molar-refractivity contribution in [2.45, 2.75) is 116 Å². The molecule has 0 aliphatic carbocycles. The summed E-state index contributed by atoms with van der Waals surface area (Å²) in [5.41, 5.74) is 5.06. The van der Waals surface area contributed by atoms with Crippen molar-refractivity contribution in [2.24, 2.45) is 11.1 Å². The lowest BCUT2D eigenvalue weighted by molar-refractivity contribution is -0.130. The summed E-state index contributed by atoms with van der Waals surface area (Å²) in [5, 5.41) is 12.8. The second-order valence-electron chi connectivity index (χ2n) is 12.4. The Labute approximate surface area is 223 Å². The standard InChI is InChI=1S/C25H52N4O4Si3/c1-22(29-17-9-12-24(29)31)20-25(2,21-27)14-13-23(30)28-16-11-19-35(5,6)33-36(7,8)32-34(3,4)18-10-15-26/h22H,9-20,26H2,1-8H3,(H,28,30). The molecule has 1 heterocycles. The van der Waals surface area contributed by atoms with E-state index < -0.39 is 30.6 Å². The molecule has 0 aromatic heterocycles. The van der Waals surface area contributed by atoms with Gasteiger partial charge in [0, 0.05) is 32.0 Å². The third-order valence-corrected chi connectivity index (χ3v) is 18.3. The predicted molar refractivity (Wildman–Crippen MR) is 154 cm³/mol.